The minimum atomic E-state index is -0.243. The first-order chi connectivity index (χ1) is 14.0. The Kier molecular flexibility index (Phi) is 5.89. The first-order valence-corrected chi connectivity index (χ1v) is 11.2. The van der Waals surface area contributed by atoms with E-state index in [9.17, 15) is 4.79 Å². The SMILES string of the molecule is Cc1ccc(/C=N/N(C(=O)c2cccc(Br)c2)c2nc3ccc(Br)cc3s2)cc1. The summed E-state index contributed by atoms with van der Waals surface area (Å²) in [6.45, 7) is 2.03. The average molecular weight is 529 g/mol. The molecule has 4 aromatic rings. The molecule has 0 unspecified atom stereocenters. The van der Waals surface area contributed by atoms with Gasteiger partial charge in [-0.1, -0.05) is 79.1 Å². The van der Waals surface area contributed by atoms with Crippen molar-refractivity contribution in [1.82, 2.24) is 4.98 Å². The van der Waals surface area contributed by atoms with Crippen molar-refractivity contribution in [2.45, 2.75) is 6.92 Å². The lowest BCUT2D eigenvalue weighted by molar-refractivity contribution is 0.0988. The molecule has 0 bridgehead atoms. The van der Waals surface area contributed by atoms with Crippen molar-refractivity contribution >= 4 is 70.7 Å². The number of fused-ring (bicyclic) bond motifs is 1. The van der Waals surface area contributed by atoms with Crippen LogP contribution in [0, 0.1) is 6.92 Å². The van der Waals surface area contributed by atoms with Gasteiger partial charge in [-0.2, -0.15) is 10.1 Å². The molecule has 0 N–H and O–H groups in total. The van der Waals surface area contributed by atoms with Gasteiger partial charge in [-0.05, 0) is 48.9 Å². The van der Waals surface area contributed by atoms with Gasteiger partial charge >= 0.3 is 0 Å². The second kappa shape index (κ2) is 8.57. The number of carbonyl (C=O) groups excluding carboxylic acids is 1. The predicted molar refractivity (Wildman–Crippen MR) is 127 cm³/mol. The van der Waals surface area contributed by atoms with Crippen LogP contribution in [0.2, 0.25) is 0 Å². The predicted octanol–water partition coefficient (Wildman–Crippen LogP) is 6.81. The zero-order valence-corrected chi connectivity index (χ0v) is 19.3. The molecule has 4 nitrogen and oxygen atoms in total. The molecule has 3 aromatic carbocycles. The minimum absolute atomic E-state index is 0.243. The molecular weight excluding hydrogens is 514 g/mol. The zero-order chi connectivity index (χ0) is 20.4. The van der Waals surface area contributed by atoms with Crippen LogP contribution in [0.3, 0.4) is 0 Å². The molecular formula is C22H15Br2N3OS. The molecule has 144 valence electrons. The van der Waals surface area contributed by atoms with E-state index in [1.54, 1.807) is 18.3 Å². The third-order valence-electron chi connectivity index (χ3n) is 4.18. The number of carbonyl (C=O) groups is 1. The van der Waals surface area contributed by atoms with Crippen LogP contribution in [0.25, 0.3) is 10.2 Å². The van der Waals surface area contributed by atoms with Crippen molar-refractivity contribution in [3.8, 4) is 0 Å². The smallest absolute Gasteiger partial charge is 0.267 e. The van der Waals surface area contributed by atoms with Gasteiger partial charge in [0.25, 0.3) is 5.91 Å². The Labute approximate surface area is 189 Å². The van der Waals surface area contributed by atoms with Crippen LogP contribution in [-0.2, 0) is 0 Å². The van der Waals surface area contributed by atoms with Crippen molar-refractivity contribution in [1.29, 1.82) is 0 Å². The minimum Gasteiger partial charge on any atom is -0.267 e. The lowest BCUT2D eigenvalue weighted by atomic mass is 10.2. The molecule has 0 aliphatic carbocycles. The summed E-state index contributed by atoms with van der Waals surface area (Å²) in [7, 11) is 0. The van der Waals surface area contributed by atoms with E-state index in [1.807, 2.05) is 61.5 Å². The number of aromatic nitrogens is 1. The van der Waals surface area contributed by atoms with Crippen LogP contribution in [0.5, 0.6) is 0 Å². The normalized spacial score (nSPS) is 11.3. The number of benzene rings is 3. The van der Waals surface area contributed by atoms with Crippen LogP contribution in [0.1, 0.15) is 21.5 Å². The number of aryl methyl sites for hydroxylation is 1. The fourth-order valence-corrected chi connectivity index (χ4v) is 4.56. The molecule has 0 spiro atoms. The van der Waals surface area contributed by atoms with Gasteiger partial charge in [-0.3, -0.25) is 4.79 Å². The van der Waals surface area contributed by atoms with E-state index in [2.05, 4.69) is 41.9 Å². The first-order valence-electron chi connectivity index (χ1n) is 8.76. The summed E-state index contributed by atoms with van der Waals surface area (Å²) in [5, 5.41) is 6.38. The number of nitrogens with zero attached hydrogens (tertiary/aromatic N) is 3. The van der Waals surface area contributed by atoms with Crippen LogP contribution in [0.4, 0.5) is 5.13 Å². The van der Waals surface area contributed by atoms with Gasteiger partial charge in [-0.25, -0.2) is 4.98 Å². The molecule has 0 radical (unpaired) electrons. The number of amides is 1. The summed E-state index contributed by atoms with van der Waals surface area (Å²) in [4.78, 5) is 17.9. The highest BCUT2D eigenvalue weighted by molar-refractivity contribution is 9.10. The van der Waals surface area contributed by atoms with Crippen molar-refractivity contribution < 1.29 is 4.79 Å². The van der Waals surface area contributed by atoms with E-state index in [0.29, 0.717) is 10.7 Å². The van der Waals surface area contributed by atoms with Gasteiger partial charge in [0, 0.05) is 14.5 Å². The monoisotopic (exact) mass is 527 g/mol. The van der Waals surface area contributed by atoms with Gasteiger partial charge in [-0.15, -0.1) is 0 Å². The van der Waals surface area contributed by atoms with Gasteiger partial charge < -0.3 is 0 Å². The Morgan fingerprint density at radius 1 is 1.03 bits per heavy atom. The van der Waals surface area contributed by atoms with Crippen LogP contribution < -0.4 is 5.01 Å². The summed E-state index contributed by atoms with van der Waals surface area (Å²) in [6.07, 6.45) is 1.68. The number of thiazole rings is 1. The fourth-order valence-electron chi connectivity index (χ4n) is 2.69. The molecule has 0 aliphatic rings. The maximum Gasteiger partial charge on any atom is 0.280 e. The largest absolute Gasteiger partial charge is 0.280 e. The highest BCUT2D eigenvalue weighted by Crippen LogP contribution is 2.32. The van der Waals surface area contributed by atoms with Crippen molar-refractivity contribution in [3.05, 3.63) is 92.4 Å². The maximum absolute atomic E-state index is 13.3. The molecule has 1 heterocycles. The van der Waals surface area contributed by atoms with Crippen LogP contribution in [-0.4, -0.2) is 17.1 Å². The molecule has 1 aromatic heterocycles. The molecule has 7 heteroatoms. The Bertz CT molecular complexity index is 1220. The van der Waals surface area contributed by atoms with Crippen molar-refractivity contribution in [2.75, 3.05) is 5.01 Å². The van der Waals surface area contributed by atoms with E-state index in [0.717, 1.165) is 24.7 Å². The molecule has 1 amide bonds. The average Bonchev–Trinajstić information content (AvgIpc) is 3.12. The van der Waals surface area contributed by atoms with Gasteiger partial charge in [0.15, 0.2) is 0 Å². The third kappa shape index (κ3) is 4.63. The summed E-state index contributed by atoms with van der Waals surface area (Å²) < 4.78 is 2.78. The highest BCUT2D eigenvalue weighted by Gasteiger charge is 2.21. The number of halogens is 2. The lowest BCUT2D eigenvalue weighted by Gasteiger charge is -2.14. The van der Waals surface area contributed by atoms with E-state index in [4.69, 9.17) is 0 Å². The van der Waals surface area contributed by atoms with Crippen LogP contribution in [0.15, 0.2) is 80.8 Å². The molecule has 0 fully saturated rings. The highest BCUT2D eigenvalue weighted by atomic mass is 79.9. The van der Waals surface area contributed by atoms with E-state index >= 15 is 0 Å². The summed E-state index contributed by atoms with van der Waals surface area (Å²) in [5.41, 5.74) is 3.43. The maximum atomic E-state index is 13.3. The van der Waals surface area contributed by atoms with E-state index < -0.39 is 0 Å². The number of hydrogen-bond acceptors (Lipinski definition) is 4. The van der Waals surface area contributed by atoms with Crippen molar-refractivity contribution in [2.24, 2.45) is 5.10 Å². The fraction of sp³-hybridized carbons (Fsp3) is 0.0455. The Hall–Kier alpha value is -2.35. The zero-order valence-electron chi connectivity index (χ0n) is 15.3. The van der Waals surface area contributed by atoms with Crippen LogP contribution >= 0.6 is 43.2 Å². The van der Waals surface area contributed by atoms with Crippen molar-refractivity contribution in [3.63, 3.8) is 0 Å². The summed E-state index contributed by atoms with van der Waals surface area (Å²) in [6, 6.07) is 21.1. The number of hydrazone groups is 1. The third-order valence-corrected chi connectivity index (χ3v) is 6.16. The van der Waals surface area contributed by atoms with Gasteiger partial charge in [0.2, 0.25) is 5.13 Å². The van der Waals surface area contributed by atoms with E-state index in [-0.39, 0.29) is 5.91 Å². The number of rotatable bonds is 4. The molecule has 29 heavy (non-hydrogen) atoms. The number of anilines is 1. The van der Waals surface area contributed by atoms with Gasteiger partial charge in [0.1, 0.15) is 0 Å². The second-order valence-electron chi connectivity index (χ2n) is 6.39. The quantitative estimate of drug-likeness (QED) is 0.216. The summed E-state index contributed by atoms with van der Waals surface area (Å²) >= 11 is 8.33. The standard InChI is InChI=1S/C22H15Br2N3OS/c1-14-5-7-15(8-6-14)13-25-27(21(28)16-3-2-4-17(23)11-16)22-26-19-10-9-18(24)12-20(19)29-22/h2-13H,1H3/b25-13+. The summed E-state index contributed by atoms with van der Waals surface area (Å²) in [5.74, 6) is -0.243. The molecule has 4 rings (SSSR count). The molecule has 0 saturated heterocycles. The van der Waals surface area contributed by atoms with E-state index in [1.165, 1.54) is 21.9 Å². The Morgan fingerprint density at radius 2 is 1.79 bits per heavy atom. The number of hydrogen-bond donors (Lipinski definition) is 0. The molecule has 0 atom stereocenters. The lowest BCUT2D eigenvalue weighted by Crippen LogP contribution is -2.25. The molecule has 0 aliphatic heterocycles. The first kappa shape index (κ1) is 19.9. The Morgan fingerprint density at radius 3 is 2.55 bits per heavy atom. The topological polar surface area (TPSA) is 45.6 Å². The Balaban J connectivity index is 1.76. The van der Waals surface area contributed by atoms with Gasteiger partial charge in [0.05, 0.1) is 16.4 Å². The molecule has 0 saturated carbocycles. The second-order valence-corrected chi connectivity index (χ2v) is 9.23.